The van der Waals surface area contributed by atoms with Crippen molar-refractivity contribution in [3.8, 4) is 0 Å². The molecule has 0 amide bonds. The first kappa shape index (κ1) is 17.1. The van der Waals surface area contributed by atoms with Gasteiger partial charge in [-0.3, -0.25) is 4.90 Å². The summed E-state index contributed by atoms with van der Waals surface area (Å²) in [4.78, 5) is 2.15. The van der Waals surface area contributed by atoms with Crippen molar-refractivity contribution in [2.24, 2.45) is 5.92 Å². The van der Waals surface area contributed by atoms with Crippen LogP contribution < -0.4 is 0 Å². The van der Waals surface area contributed by atoms with Crippen molar-refractivity contribution in [3.63, 3.8) is 0 Å². The summed E-state index contributed by atoms with van der Waals surface area (Å²) < 4.78 is 13.1. The van der Waals surface area contributed by atoms with Crippen LogP contribution in [0.1, 0.15) is 30.1 Å². The van der Waals surface area contributed by atoms with Gasteiger partial charge in [0.2, 0.25) is 0 Å². The maximum Gasteiger partial charge on any atom is 0.123 e. The Kier molecular flexibility index (Phi) is 5.61. The lowest BCUT2D eigenvalue weighted by Crippen LogP contribution is -2.41. The fraction of sp³-hybridized carbons (Fsp3) is 0.400. The molecular formula is C20H24FNO2. The van der Waals surface area contributed by atoms with Gasteiger partial charge in [-0.2, -0.15) is 0 Å². The molecule has 2 aromatic rings. The quantitative estimate of drug-likeness (QED) is 0.782. The highest BCUT2D eigenvalue weighted by atomic mass is 19.1. The number of hydrogen-bond acceptors (Lipinski definition) is 3. The first-order valence-electron chi connectivity index (χ1n) is 8.49. The van der Waals surface area contributed by atoms with E-state index in [2.05, 4.69) is 17.0 Å². The lowest BCUT2D eigenvalue weighted by Gasteiger charge is -2.32. The van der Waals surface area contributed by atoms with Crippen LogP contribution in [0.3, 0.4) is 0 Å². The van der Waals surface area contributed by atoms with Gasteiger partial charge in [-0.1, -0.05) is 42.5 Å². The summed E-state index contributed by atoms with van der Waals surface area (Å²) in [5, 5.41) is 20.4. The number of hydrogen-bond donors (Lipinski definition) is 2. The molecule has 3 nitrogen and oxygen atoms in total. The highest BCUT2D eigenvalue weighted by molar-refractivity contribution is 5.19. The third-order valence-corrected chi connectivity index (χ3v) is 4.71. The van der Waals surface area contributed by atoms with Crippen LogP contribution in [0.25, 0.3) is 0 Å². The summed E-state index contributed by atoms with van der Waals surface area (Å²) in [7, 11) is 0. The monoisotopic (exact) mass is 329 g/mol. The first-order chi connectivity index (χ1) is 11.7. The van der Waals surface area contributed by atoms with E-state index < -0.39 is 6.10 Å². The van der Waals surface area contributed by atoms with Crippen LogP contribution in [0, 0.1) is 11.7 Å². The van der Waals surface area contributed by atoms with Gasteiger partial charge in [-0.15, -0.1) is 0 Å². The number of aliphatic hydroxyl groups is 2. The number of nitrogens with zero attached hydrogens (tertiary/aromatic N) is 1. The van der Waals surface area contributed by atoms with Gasteiger partial charge < -0.3 is 10.2 Å². The molecule has 0 radical (unpaired) electrons. The zero-order valence-electron chi connectivity index (χ0n) is 13.7. The van der Waals surface area contributed by atoms with Crippen LogP contribution >= 0.6 is 0 Å². The van der Waals surface area contributed by atoms with Crippen molar-refractivity contribution in [2.45, 2.75) is 31.5 Å². The summed E-state index contributed by atoms with van der Waals surface area (Å²) in [6.45, 7) is 1.19. The number of rotatable bonds is 8. The lowest BCUT2D eigenvalue weighted by molar-refractivity contribution is 0.0477. The topological polar surface area (TPSA) is 43.7 Å². The average molecular weight is 329 g/mol. The molecule has 4 heteroatoms. The molecule has 128 valence electrons. The molecule has 2 atom stereocenters. The average Bonchev–Trinajstić information content (AvgIpc) is 3.42. The Morgan fingerprint density at radius 2 is 1.71 bits per heavy atom. The Morgan fingerprint density at radius 3 is 2.29 bits per heavy atom. The molecule has 0 aliphatic heterocycles. The second-order valence-corrected chi connectivity index (χ2v) is 6.57. The van der Waals surface area contributed by atoms with Gasteiger partial charge in [-0.05, 0) is 42.0 Å². The predicted molar refractivity (Wildman–Crippen MR) is 91.8 cm³/mol. The summed E-state index contributed by atoms with van der Waals surface area (Å²) in [6, 6.07) is 16.1. The number of benzene rings is 2. The molecule has 0 bridgehead atoms. The van der Waals surface area contributed by atoms with Crippen molar-refractivity contribution >= 4 is 0 Å². The minimum Gasteiger partial charge on any atom is -0.395 e. The summed E-state index contributed by atoms with van der Waals surface area (Å²) in [5.41, 5.74) is 1.85. The molecule has 0 aromatic heterocycles. The lowest BCUT2D eigenvalue weighted by atomic mass is 10.1. The van der Waals surface area contributed by atoms with E-state index in [0.717, 1.165) is 18.4 Å². The number of halogens is 1. The molecule has 0 saturated heterocycles. The maximum absolute atomic E-state index is 13.1. The second-order valence-electron chi connectivity index (χ2n) is 6.57. The van der Waals surface area contributed by atoms with Crippen molar-refractivity contribution in [1.29, 1.82) is 0 Å². The zero-order valence-corrected chi connectivity index (χ0v) is 13.7. The molecule has 0 spiro atoms. The van der Waals surface area contributed by atoms with Gasteiger partial charge in [0.05, 0.1) is 12.7 Å². The zero-order chi connectivity index (χ0) is 16.9. The summed E-state index contributed by atoms with van der Waals surface area (Å²) in [5.74, 6) is 0.192. The van der Waals surface area contributed by atoms with E-state index in [9.17, 15) is 14.6 Å². The molecule has 2 unspecified atom stereocenters. The predicted octanol–water partition coefficient (Wildman–Crippen LogP) is 3.13. The fourth-order valence-corrected chi connectivity index (χ4v) is 3.19. The standard InChI is InChI=1S/C20H24FNO2/c21-18-10-8-17(9-11-18)20(24)13-22(19(14-23)16-6-7-16)12-15-4-2-1-3-5-15/h1-5,8-11,16,19-20,23-24H,6-7,12-14H2. The molecular weight excluding hydrogens is 305 g/mol. The van der Waals surface area contributed by atoms with E-state index in [1.54, 1.807) is 12.1 Å². The molecule has 0 heterocycles. The molecule has 3 rings (SSSR count). The Balaban J connectivity index is 1.74. The molecule has 1 saturated carbocycles. The Labute approximate surface area is 142 Å². The Bertz CT molecular complexity index is 628. The third-order valence-electron chi connectivity index (χ3n) is 4.71. The van der Waals surface area contributed by atoms with Gasteiger partial charge in [0.1, 0.15) is 5.82 Å². The molecule has 1 aliphatic carbocycles. The Hall–Kier alpha value is -1.75. The van der Waals surface area contributed by atoms with Gasteiger partial charge in [-0.25, -0.2) is 4.39 Å². The van der Waals surface area contributed by atoms with Gasteiger partial charge in [0.25, 0.3) is 0 Å². The molecule has 24 heavy (non-hydrogen) atoms. The van der Waals surface area contributed by atoms with Crippen molar-refractivity contribution < 1.29 is 14.6 Å². The second kappa shape index (κ2) is 7.88. The SMILES string of the molecule is OCC(C1CC1)N(Cc1ccccc1)CC(O)c1ccc(F)cc1. The van der Waals surface area contributed by atoms with E-state index in [1.807, 2.05) is 18.2 Å². The van der Waals surface area contributed by atoms with Crippen LogP contribution in [-0.2, 0) is 6.54 Å². The van der Waals surface area contributed by atoms with Crippen LogP contribution in [0.2, 0.25) is 0 Å². The van der Waals surface area contributed by atoms with E-state index in [0.29, 0.717) is 24.6 Å². The normalized spacial score (nSPS) is 17.0. The molecule has 1 aliphatic rings. The third kappa shape index (κ3) is 4.41. The van der Waals surface area contributed by atoms with Crippen molar-refractivity contribution in [2.75, 3.05) is 13.2 Å². The molecule has 1 fully saturated rings. The van der Waals surface area contributed by atoms with E-state index in [1.165, 1.54) is 12.1 Å². The highest BCUT2D eigenvalue weighted by Crippen LogP contribution is 2.36. The maximum atomic E-state index is 13.1. The minimum atomic E-state index is -0.706. The van der Waals surface area contributed by atoms with Crippen LogP contribution in [-0.4, -0.2) is 34.3 Å². The molecule has 2 N–H and O–H groups in total. The van der Waals surface area contributed by atoms with E-state index in [-0.39, 0.29) is 18.5 Å². The van der Waals surface area contributed by atoms with Crippen LogP contribution in [0.4, 0.5) is 4.39 Å². The first-order valence-corrected chi connectivity index (χ1v) is 8.49. The number of aliphatic hydroxyl groups excluding tert-OH is 2. The van der Waals surface area contributed by atoms with Crippen LogP contribution in [0.5, 0.6) is 0 Å². The van der Waals surface area contributed by atoms with Crippen LogP contribution in [0.15, 0.2) is 54.6 Å². The van der Waals surface area contributed by atoms with Crippen molar-refractivity contribution in [3.05, 3.63) is 71.5 Å². The Morgan fingerprint density at radius 1 is 1.04 bits per heavy atom. The van der Waals surface area contributed by atoms with Crippen molar-refractivity contribution in [1.82, 2.24) is 4.90 Å². The molecule has 2 aromatic carbocycles. The largest absolute Gasteiger partial charge is 0.395 e. The fourth-order valence-electron chi connectivity index (χ4n) is 3.19. The summed E-state index contributed by atoms with van der Waals surface area (Å²) >= 11 is 0. The minimum absolute atomic E-state index is 0.0558. The van der Waals surface area contributed by atoms with E-state index >= 15 is 0 Å². The van der Waals surface area contributed by atoms with Gasteiger partial charge >= 0.3 is 0 Å². The highest BCUT2D eigenvalue weighted by Gasteiger charge is 2.35. The van der Waals surface area contributed by atoms with Gasteiger partial charge in [0, 0.05) is 19.1 Å². The van der Waals surface area contributed by atoms with Gasteiger partial charge in [0.15, 0.2) is 0 Å². The smallest absolute Gasteiger partial charge is 0.123 e. The summed E-state index contributed by atoms with van der Waals surface area (Å²) in [6.07, 6.45) is 1.55. The van der Waals surface area contributed by atoms with E-state index in [4.69, 9.17) is 0 Å².